The van der Waals surface area contributed by atoms with Gasteiger partial charge in [-0.25, -0.2) is 0 Å². The van der Waals surface area contributed by atoms with E-state index in [1.165, 1.54) is 0 Å². The Hall–Kier alpha value is -1.55. The van der Waals surface area contributed by atoms with Crippen LogP contribution in [0, 0.1) is 5.92 Å². The third-order valence-electron chi connectivity index (χ3n) is 4.20. The molecule has 1 unspecified atom stereocenters. The Balaban J connectivity index is 1.81. The molecule has 4 nitrogen and oxygen atoms in total. The maximum Gasteiger partial charge on any atom is 0.303 e. The van der Waals surface area contributed by atoms with Gasteiger partial charge in [0.15, 0.2) is 0 Å². The fraction of sp³-hybridized carbons (Fsp3) is 0.529. The van der Waals surface area contributed by atoms with Crippen molar-refractivity contribution in [2.45, 2.75) is 38.5 Å². The van der Waals surface area contributed by atoms with E-state index in [1.807, 2.05) is 29.2 Å². The number of carboxylic acid groups (broad SMARTS) is 1. The van der Waals surface area contributed by atoms with Crippen molar-refractivity contribution in [1.29, 1.82) is 0 Å². The molecule has 0 bridgehead atoms. The van der Waals surface area contributed by atoms with E-state index in [9.17, 15) is 9.59 Å². The summed E-state index contributed by atoms with van der Waals surface area (Å²) in [4.78, 5) is 24.9. The summed E-state index contributed by atoms with van der Waals surface area (Å²) in [6.45, 7) is 1.47. The molecule has 1 N–H and O–H groups in total. The molecular formula is C17H22ClNO3. The van der Waals surface area contributed by atoms with Crippen LogP contribution in [0.15, 0.2) is 24.3 Å². The predicted molar refractivity (Wildman–Crippen MR) is 85.9 cm³/mol. The molecule has 1 aliphatic heterocycles. The van der Waals surface area contributed by atoms with Gasteiger partial charge < -0.3 is 10.0 Å². The van der Waals surface area contributed by atoms with Crippen molar-refractivity contribution in [3.8, 4) is 0 Å². The first-order valence-corrected chi connectivity index (χ1v) is 8.17. The van der Waals surface area contributed by atoms with E-state index in [-0.39, 0.29) is 12.3 Å². The van der Waals surface area contributed by atoms with Crippen LogP contribution >= 0.6 is 11.6 Å². The molecule has 1 atom stereocenters. The fourth-order valence-electron chi connectivity index (χ4n) is 2.96. The van der Waals surface area contributed by atoms with Gasteiger partial charge in [-0.2, -0.15) is 0 Å². The largest absolute Gasteiger partial charge is 0.481 e. The SMILES string of the molecule is O=C(O)CCC1CCCN(C(=O)CCc2ccccc2Cl)C1. The van der Waals surface area contributed by atoms with Crippen LogP contribution in [-0.4, -0.2) is 35.0 Å². The Morgan fingerprint density at radius 3 is 2.77 bits per heavy atom. The van der Waals surface area contributed by atoms with Crippen LogP contribution < -0.4 is 0 Å². The summed E-state index contributed by atoms with van der Waals surface area (Å²) in [5.74, 6) is -0.309. The third-order valence-corrected chi connectivity index (χ3v) is 4.57. The van der Waals surface area contributed by atoms with Gasteiger partial charge in [-0.05, 0) is 43.2 Å². The third kappa shape index (κ3) is 5.02. The van der Waals surface area contributed by atoms with Gasteiger partial charge in [0.2, 0.25) is 5.91 Å². The zero-order valence-electron chi connectivity index (χ0n) is 12.6. The Morgan fingerprint density at radius 2 is 2.05 bits per heavy atom. The lowest BCUT2D eigenvalue weighted by Gasteiger charge is -2.32. The van der Waals surface area contributed by atoms with Crippen molar-refractivity contribution < 1.29 is 14.7 Å². The molecule has 2 rings (SSSR count). The number of aliphatic carboxylic acids is 1. The highest BCUT2D eigenvalue weighted by atomic mass is 35.5. The first-order valence-electron chi connectivity index (χ1n) is 7.79. The molecule has 0 spiro atoms. The molecule has 1 fully saturated rings. The van der Waals surface area contributed by atoms with Gasteiger partial charge in [0.05, 0.1) is 0 Å². The summed E-state index contributed by atoms with van der Waals surface area (Å²) in [6.07, 6.45) is 3.92. The van der Waals surface area contributed by atoms with Gasteiger partial charge >= 0.3 is 5.97 Å². The topological polar surface area (TPSA) is 57.6 Å². The second kappa shape index (κ2) is 8.18. The fourth-order valence-corrected chi connectivity index (χ4v) is 3.19. The van der Waals surface area contributed by atoms with E-state index >= 15 is 0 Å². The minimum Gasteiger partial charge on any atom is -0.481 e. The maximum atomic E-state index is 12.3. The van der Waals surface area contributed by atoms with Crippen LogP contribution in [0.2, 0.25) is 5.02 Å². The van der Waals surface area contributed by atoms with E-state index in [0.29, 0.717) is 36.7 Å². The highest BCUT2D eigenvalue weighted by molar-refractivity contribution is 6.31. The lowest BCUT2D eigenvalue weighted by atomic mass is 9.93. The minimum atomic E-state index is -0.762. The monoisotopic (exact) mass is 323 g/mol. The van der Waals surface area contributed by atoms with E-state index < -0.39 is 5.97 Å². The maximum absolute atomic E-state index is 12.3. The van der Waals surface area contributed by atoms with Gasteiger partial charge in [-0.15, -0.1) is 0 Å². The molecule has 0 aromatic heterocycles. The first-order chi connectivity index (χ1) is 10.6. The number of rotatable bonds is 6. The summed E-state index contributed by atoms with van der Waals surface area (Å²) < 4.78 is 0. The molecule has 1 aliphatic rings. The van der Waals surface area contributed by atoms with Crippen LogP contribution in [0.4, 0.5) is 0 Å². The van der Waals surface area contributed by atoms with Crippen molar-refractivity contribution in [1.82, 2.24) is 4.90 Å². The molecular weight excluding hydrogens is 302 g/mol. The number of carbonyl (C=O) groups excluding carboxylic acids is 1. The average molecular weight is 324 g/mol. The number of carboxylic acids is 1. The summed E-state index contributed by atoms with van der Waals surface area (Å²) in [5.41, 5.74) is 0.997. The van der Waals surface area contributed by atoms with Gasteiger partial charge in [0.1, 0.15) is 0 Å². The Kier molecular flexibility index (Phi) is 6.25. The zero-order valence-corrected chi connectivity index (χ0v) is 13.4. The number of halogens is 1. The number of hydrogen-bond donors (Lipinski definition) is 1. The highest BCUT2D eigenvalue weighted by Crippen LogP contribution is 2.22. The molecule has 0 radical (unpaired) electrons. The van der Waals surface area contributed by atoms with Gasteiger partial charge in [-0.3, -0.25) is 9.59 Å². The molecule has 120 valence electrons. The van der Waals surface area contributed by atoms with Crippen molar-refractivity contribution >= 4 is 23.5 Å². The second-order valence-electron chi connectivity index (χ2n) is 5.87. The van der Waals surface area contributed by atoms with Gasteiger partial charge in [0, 0.05) is 31.0 Å². The summed E-state index contributed by atoms with van der Waals surface area (Å²) >= 11 is 6.11. The Bertz CT molecular complexity index is 532. The van der Waals surface area contributed by atoms with E-state index in [0.717, 1.165) is 24.9 Å². The molecule has 1 heterocycles. The summed E-state index contributed by atoms with van der Waals surface area (Å²) in [5, 5.41) is 9.46. The standard InChI is InChI=1S/C17H22ClNO3/c18-15-6-2-1-5-14(15)8-9-16(20)19-11-3-4-13(12-19)7-10-17(21)22/h1-2,5-6,13H,3-4,7-12H2,(H,21,22). The quantitative estimate of drug-likeness (QED) is 0.873. The van der Waals surface area contributed by atoms with Crippen LogP contribution in [0.5, 0.6) is 0 Å². The van der Waals surface area contributed by atoms with Gasteiger partial charge in [0.25, 0.3) is 0 Å². The number of aryl methyl sites for hydroxylation is 1. The molecule has 1 aromatic carbocycles. The molecule has 22 heavy (non-hydrogen) atoms. The lowest BCUT2D eigenvalue weighted by Crippen LogP contribution is -2.40. The number of likely N-dealkylation sites (tertiary alicyclic amines) is 1. The van der Waals surface area contributed by atoms with Crippen LogP contribution in [0.25, 0.3) is 0 Å². The van der Waals surface area contributed by atoms with Crippen molar-refractivity contribution in [2.24, 2.45) is 5.92 Å². The van der Waals surface area contributed by atoms with E-state index in [4.69, 9.17) is 16.7 Å². The van der Waals surface area contributed by atoms with E-state index in [1.54, 1.807) is 0 Å². The zero-order chi connectivity index (χ0) is 15.9. The molecule has 0 saturated carbocycles. The smallest absolute Gasteiger partial charge is 0.303 e. The normalized spacial score (nSPS) is 18.2. The molecule has 1 amide bonds. The number of nitrogens with zero attached hydrogens (tertiary/aromatic N) is 1. The Morgan fingerprint density at radius 1 is 1.27 bits per heavy atom. The average Bonchev–Trinajstić information content (AvgIpc) is 2.52. The molecule has 1 saturated heterocycles. The van der Waals surface area contributed by atoms with Crippen LogP contribution in [0.3, 0.4) is 0 Å². The number of carbonyl (C=O) groups is 2. The Labute approximate surface area is 136 Å². The van der Waals surface area contributed by atoms with Crippen LogP contribution in [0.1, 0.15) is 37.7 Å². The number of piperidine rings is 1. The number of amides is 1. The van der Waals surface area contributed by atoms with Crippen molar-refractivity contribution in [2.75, 3.05) is 13.1 Å². The first kappa shape index (κ1) is 16.8. The van der Waals surface area contributed by atoms with E-state index in [2.05, 4.69) is 0 Å². The second-order valence-corrected chi connectivity index (χ2v) is 6.28. The highest BCUT2D eigenvalue weighted by Gasteiger charge is 2.23. The van der Waals surface area contributed by atoms with Gasteiger partial charge in [-0.1, -0.05) is 29.8 Å². The molecule has 0 aliphatic carbocycles. The molecule has 1 aromatic rings. The van der Waals surface area contributed by atoms with Crippen molar-refractivity contribution in [3.63, 3.8) is 0 Å². The predicted octanol–water partition coefficient (Wildman–Crippen LogP) is 3.38. The summed E-state index contributed by atoms with van der Waals surface area (Å²) in [6, 6.07) is 7.59. The van der Waals surface area contributed by atoms with Crippen molar-refractivity contribution in [3.05, 3.63) is 34.9 Å². The lowest BCUT2D eigenvalue weighted by molar-refractivity contribution is -0.137. The van der Waals surface area contributed by atoms with Crippen LogP contribution in [-0.2, 0) is 16.0 Å². The molecule has 5 heteroatoms. The number of benzene rings is 1. The summed E-state index contributed by atoms with van der Waals surface area (Å²) in [7, 11) is 0. The number of hydrogen-bond acceptors (Lipinski definition) is 2. The minimum absolute atomic E-state index is 0.139.